The molecule has 4 rings (SSSR count). The molecule has 2 aromatic heterocycles. The van der Waals surface area contributed by atoms with Gasteiger partial charge in [0.2, 0.25) is 0 Å². The number of methoxy groups -OCH3 is 1. The van der Waals surface area contributed by atoms with Crippen LogP contribution in [0.3, 0.4) is 0 Å². The monoisotopic (exact) mass is 373 g/mol. The summed E-state index contributed by atoms with van der Waals surface area (Å²) in [7, 11) is 1.63. The lowest BCUT2D eigenvalue weighted by Crippen LogP contribution is -2.24. The molecule has 0 fully saturated rings. The molecule has 0 aliphatic rings. The highest BCUT2D eigenvalue weighted by Gasteiger charge is 2.15. The predicted molar refractivity (Wildman–Crippen MR) is 106 cm³/mol. The summed E-state index contributed by atoms with van der Waals surface area (Å²) in [5, 5.41) is 11.3. The molecule has 0 atom stereocenters. The largest absolute Gasteiger partial charge is 0.497 e. The molecule has 2 heterocycles. The first-order valence-corrected chi connectivity index (χ1v) is 8.85. The van der Waals surface area contributed by atoms with Crippen LogP contribution in [-0.2, 0) is 6.54 Å². The number of amides is 1. The molecule has 28 heavy (non-hydrogen) atoms. The second-order valence-corrected chi connectivity index (χ2v) is 6.33. The fourth-order valence-corrected chi connectivity index (χ4v) is 3.05. The van der Waals surface area contributed by atoms with E-state index >= 15 is 0 Å². The number of ether oxygens (including phenoxy) is 1. The molecule has 0 bridgehead atoms. The van der Waals surface area contributed by atoms with Gasteiger partial charge in [-0.1, -0.05) is 23.4 Å². The Morgan fingerprint density at radius 1 is 1.11 bits per heavy atom. The lowest BCUT2D eigenvalue weighted by Gasteiger charge is -2.12. The Labute approximate surface area is 162 Å². The summed E-state index contributed by atoms with van der Waals surface area (Å²) in [5.74, 6) is 0.639. The number of hydrogen-bond acceptors (Lipinski definition) is 5. The number of hydrogen-bond donors (Lipinski definition) is 1. The van der Waals surface area contributed by atoms with Gasteiger partial charge in [-0.05, 0) is 54.4 Å². The Morgan fingerprint density at radius 2 is 1.93 bits per heavy atom. The number of benzene rings is 2. The van der Waals surface area contributed by atoms with Gasteiger partial charge >= 0.3 is 0 Å². The van der Waals surface area contributed by atoms with Crippen molar-refractivity contribution >= 4 is 17.1 Å². The molecule has 0 unspecified atom stereocenters. The van der Waals surface area contributed by atoms with Crippen molar-refractivity contribution in [3.05, 3.63) is 77.5 Å². The maximum Gasteiger partial charge on any atom is 0.251 e. The Bertz CT molecular complexity index is 1140. The molecule has 140 valence electrons. The summed E-state index contributed by atoms with van der Waals surface area (Å²) in [5.41, 5.74) is 4.53. The number of carbonyl (C=O) groups excluding carboxylic acids is 1. The van der Waals surface area contributed by atoms with Gasteiger partial charge in [-0.25, -0.2) is 4.98 Å². The van der Waals surface area contributed by atoms with Gasteiger partial charge in [0.1, 0.15) is 11.3 Å². The van der Waals surface area contributed by atoms with E-state index < -0.39 is 0 Å². The van der Waals surface area contributed by atoms with Gasteiger partial charge in [0.25, 0.3) is 5.91 Å². The van der Waals surface area contributed by atoms with E-state index in [2.05, 4.69) is 20.6 Å². The van der Waals surface area contributed by atoms with Gasteiger partial charge in [0.05, 0.1) is 12.8 Å². The van der Waals surface area contributed by atoms with Crippen molar-refractivity contribution in [2.75, 3.05) is 7.11 Å². The Morgan fingerprint density at radius 3 is 2.71 bits per heavy atom. The molecule has 7 nitrogen and oxygen atoms in total. The number of nitrogens with zero attached hydrogens (tertiary/aromatic N) is 4. The zero-order valence-electron chi connectivity index (χ0n) is 15.6. The average molecular weight is 373 g/mol. The van der Waals surface area contributed by atoms with E-state index in [1.165, 1.54) is 0 Å². The smallest absolute Gasteiger partial charge is 0.251 e. The highest BCUT2D eigenvalue weighted by atomic mass is 16.5. The molecule has 0 saturated carbocycles. The summed E-state index contributed by atoms with van der Waals surface area (Å²) < 4.78 is 6.81. The van der Waals surface area contributed by atoms with E-state index in [0.29, 0.717) is 23.3 Å². The normalized spacial score (nSPS) is 10.8. The topological polar surface area (TPSA) is 81.9 Å². The molecule has 0 radical (unpaired) electrons. The van der Waals surface area contributed by atoms with Crippen LogP contribution < -0.4 is 10.1 Å². The molecule has 0 aliphatic heterocycles. The summed E-state index contributed by atoms with van der Waals surface area (Å²) in [6.07, 6.45) is 1.70. The lowest BCUT2D eigenvalue weighted by atomic mass is 10.1. The molecule has 2 aromatic carbocycles. The van der Waals surface area contributed by atoms with E-state index in [1.807, 2.05) is 55.5 Å². The third-order valence-corrected chi connectivity index (χ3v) is 4.60. The first kappa shape index (κ1) is 17.7. The van der Waals surface area contributed by atoms with Gasteiger partial charge < -0.3 is 10.1 Å². The molecule has 7 heteroatoms. The molecular formula is C21H19N5O2. The van der Waals surface area contributed by atoms with Crippen LogP contribution >= 0.6 is 0 Å². The Hall–Kier alpha value is -3.74. The van der Waals surface area contributed by atoms with Crippen molar-refractivity contribution in [1.82, 2.24) is 25.3 Å². The number of fused-ring (bicyclic) bond motifs is 1. The van der Waals surface area contributed by atoms with Crippen LogP contribution in [0.25, 0.3) is 16.9 Å². The third-order valence-electron chi connectivity index (χ3n) is 4.60. The number of nitrogens with one attached hydrogen (secondary N) is 1. The molecule has 0 saturated heterocycles. The summed E-state index contributed by atoms with van der Waals surface area (Å²) in [4.78, 5) is 17.1. The number of carbonyl (C=O) groups is 1. The van der Waals surface area contributed by atoms with Gasteiger partial charge in [-0.15, -0.1) is 5.10 Å². The number of rotatable bonds is 5. The second kappa shape index (κ2) is 7.48. The molecule has 1 amide bonds. The summed E-state index contributed by atoms with van der Waals surface area (Å²) in [6, 6.07) is 16.8. The fourth-order valence-electron chi connectivity index (χ4n) is 3.05. The van der Waals surface area contributed by atoms with Crippen LogP contribution in [0.1, 0.15) is 21.5 Å². The summed E-state index contributed by atoms with van der Waals surface area (Å²) >= 11 is 0. The van der Waals surface area contributed by atoms with Crippen LogP contribution in [0.2, 0.25) is 0 Å². The van der Waals surface area contributed by atoms with Gasteiger partial charge in [-0.2, -0.15) is 4.68 Å². The fraction of sp³-hybridized carbons (Fsp3) is 0.143. The van der Waals surface area contributed by atoms with E-state index in [-0.39, 0.29) is 5.91 Å². The van der Waals surface area contributed by atoms with Gasteiger partial charge in [-0.3, -0.25) is 4.79 Å². The number of pyridine rings is 1. The van der Waals surface area contributed by atoms with Crippen molar-refractivity contribution in [2.45, 2.75) is 13.5 Å². The predicted octanol–water partition coefficient (Wildman–Crippen LogP) is 3.06. The molecule has 0 aliphatic carbocycles. The van der Waals surface area contributed by atoms with Crippen LogP contribution in [0, 0.1) is 6.92 Å². The van der Waals surface area contributed by atoms with Gasteiger partial charge in [0, 0.05) is 18.3 Å². The molecular weight excluding hydrogens is 354 g/mol. The zero-order valence-corrected chi connectivity index (χ0v) is 15.6. The third kappa shape index (κ3) is 3.29. The Kier molecular flexibility index (Phi) is 4.72. The Balaban J connectivity index is 1.58. The first-order chi connectivity index (χ1) is 13.7. The molecule has 4 aromatic rings. The second-order valence-electron chi connectivity index (χ2n) is 6.33. The van der Waals surface area contributed by atoms with Crippen LogP contribution in [-0.4, -0.2) is 33.0 Å². The summed E-state index contributed by atoms with van der Waals surface area (Å²) in [6.45, 7) is 2.33. The lowest BCUT2D eigenvalue weighted by molar-refractivity contribution is 0.0950. The maximum atomic E-state index is 12.8. The maximum absolute atomic E-state index is 12.8. The average Bonchev–Trinajstić information content (AvgIpc) is 3.16. The van der Waals surface area contributed by atoms with Crippen molar-refractivity contribution < 1.29 is 9.53 Å². The van der Waals surface area contributed by atoms with Crippen molar-refractivity contribution in [2.24, 2.45) is 0 Å². The van der Waals surface area contributed by atoms with Crippen molar-refractivity contribution in [3.63, 3.8) is 0 Å². The van der Waals surface area contributed by atoms with E-state index in [0.717, 1.165) is 22.6 Å². The zero-order chi connectivity index (χ0) is 19.5. The highest BCUT2D eigenvalue weighted by molar-refractivity contribution is 5.96. The standard InChI is InChI=1S/C21H19N5O2/c1-14-17(21(27)23-13-15-8-10-16(28-2)11-9-15)5-3-7-19(14)26-20-18(24-25-26)6-4-12-22-20/h3-12H,13H2,1-2H3,(H,23,27). The van der Waals surface area contributed by atoms with Crippen LogP contribution in [0.5, 0.6) is 5.75 Å². The van der Waals surface area contributed by atoms with Crippen molar-refractivity contribution in [3.8, 4) is 11.4 Å². The SMILES string of the molecule is COc1ccc(CNC(=O)c2cccc(-n3nnc4cccnc43)c2C)cc1. The first-order valence-electron chi connectivity index (χ1n) is 8.85. The quantitative estimate of drug-likeness (QED) is 0.581. The van der Waals surface area contributed by atoms with Crippen LogP contribution in [0.4, 0.5) is 0 Å². The van der Waals surface area contributed by atoms with Gasteiger partial charge in [0.15, 0.2) is 5.65 Å². The highest BCUT2D eigenvalue weighted by Crippen LogP contribution is 2.21. The van der Waals surface area contributed by atoms with Crippen LogP contribution in [0.15, 0.2) is 60.8 Å². The van der Waals surface area contributed by atoms with E-state index in [4.69, 9.17) is 4.74 Å². The molecule has 1 N–H and O–H groups in total. The minimum atomic E-state index is -0.146. The van der Waals surface area contributed by atoms with E-state index in [9.17, 15) is 4.79 Å². The number of aromatic nitrogens is 4. The minimum absolute atomic E-state index is 0.146. The van der Waals surface area contributed by atoms with Crippen molar-refractivity contribution in [1.29, 1.82) is 0 Å². The van der Waals surface area contributed by atoms with E-state index in [1.54, 1.807) is 24.1 Å². The minimum Gasteiger partial charge on any atom is -0.497 e. The molecule has 0 spiro atoms.